The van der Waals surface area contributed by atoms with Crippen LogP contribution in [-0.2, 0) is 29.7 Å². The van der Waals surface area contributed by atoms with Gasteiger partial charge in [0.1, 0.15) is 17.8 Å². The van der Waals surface area contributed by atoms with E-state index in [4.69, 9.17) is 23.1 Å². The molecular weight excluding hydrogens is 991 g/mol. The van der Waals surface area contributed by atoms with Gasteiger partial charge in [0.05, 0.1) is 50.1 Å². The highest BCUT2D eigenvalue weighted by atomic mass is 28.4. The van der Waals surface area contributed by atoms with Crippen LogP contribution in [0.5, 0.6) is 0 Å². The summed E-state index contributed by atoms with van der Waals surface area (Å²) in [6, 6.07) is 48.5. The van der Waals surface area contributed by atoms with Gasteiger partial charge in [-0.05, 0) is 77.9 Å². The predicted molar refractivity (Wildman–Crippen MR) is 305 cm³/mol. The van der Waals surface area contributed by atoms with Gasteiger partial charge >= 0.3 is 18.3 Å². The third-order valence-electron chi connectivity index (χ3n) is 14.0. The van der Waals surface area contributed by atoms with Crippen molar-refractivity contribution in [1.82, 2.24) is 15.1 Å². The lowest BCUT2D eigenvalue weighted by molar-refractivity contribution is 0.00728. The number of alkyl carbamates (subject to hydrolysis) is 1. The van der Waals surface area contributed by atoms with Crippen molar-refractivity contribution in [2.24, 2.45) is 5.92 Å². The highest BCUT2D eigenvalue weighted by Gasteiger charge is 2.54. The quantitative estimate of drug-likeness (QED) is 0.0769. The standard InChI is InChI=1S/C34H44N2O6Si.C27H39NO4Si/c1-33(2,3)42-32(39)36-22-29(37)30(35-31(38)40-23-25-16-10-7-11-17-25)28(36)24-41-43(34(4,5)6,26-18-12-8-13-19-26)27-20-14-9-15-21-27;1-20-18-28(25(30)32-26(2,3)4)23(24(20)29)19-31-33(27(5,6)7,21-14-10-8-11-15-21)22-16-12-9-13-17-22/h7-21,28-30,37H,22-24H2,1-6H3,(H,35,38);8-17,20,23-24,29H,18-19H2,1-7H3/t28-,29+,30-;20-,23+,24-/m10/s1. The minimum atomic E-state index is -2.98. The van der Waals surface area contributed by atoms with Crippen molar-refractivity contribution in [3.63, 3.8) is 0 Å². The molecule has 0 unspecified atom stereocenters. The fourth-order valence-corrected chi connectivity index (χ4v) is 19.7. The summed E-state index contributed by atoms with van der Waals surface area (Å²) in [5.74, 6) is -0.0507. The number of β-amino-alcohol motifs (C(OH)–C–C–N with tert-alkyl or cyclic N) is 1. The van der Waals surface area contributed by atoms with Crippen molar-refractivity contribution in [3.8, 4) is 0 Å². The molecular formula is C61H83N3O10Si2. The minimum absolute atomic E-state index is 0.0205. The van der Waals surface area contributed by atoms with Gasteiger partial charge < -0.3 is 38.6 Å². The molecule has 0 spiro atoms. The first-order valence-corrected chi connectivity index (χ1v) is 30.3. The predicted octanol–water partition coefficient (Wildman–Crippen LogP) is 9.02. The van der Waals surface area contributed by atoms with E-state index < -0.39 is 76.5 Å². The van der Waals surface area contributed by atoms with E-state index in [1.54, 1.807) is 25.7 Å². The number of aliphatic hydroxyl groups is 2. The lowest BCUT2D eigenvalue weighted by atomic mass is 10.1. The largest absolute Gasteiger partial charge is 0.445 e. The topological polar surface area (TPSA) is 156 Å². The molecule has 410 valence electrons. The number of ether oxygens (including phenoxy) is 3. The van der Waals surface area contributed by atoms with Crippen molar-refractivity contribution in [3.05, 3.63) is 157 Å². The van der Waals surface area contributed by atoms with Crippen LogP contribution in [0.3, 0.4) is 0 Å². The molecule has 2 saturated heterocycles. The molecule has 0 aliphatic carbocycles. The van der Waals surface area contributed by atoms with Gasteiger partial charge in [-0.1, -0.05) is 200 Å². The maximum absolute atomic E-state index is 13.4. The van der Waals surface area contributed by atoms with E-state index in [9.17, 15) is 24.6 Å². The first kappa shape index (κ1) is 59.4. The number of amides is 3. The molecule has 5 aromatic rings. The van der Waals surface area contributed by atoms with Crippen molar-refractivity contribution in [1.29, 1.82) is 0 Å². The number of likely N-dealkylation sites (tertiary alicyclic amines) is 2. The monoisotopic (exact) mass is 1070 g/mol. The Balaban J connectivity index is 0.000000255. The third-order valence-corrected chi connectivity index (χ3v) is 24.0. The molecule has 13 nitrogen and oxygen atoms in total. The van der Waals surface area contributed by atoms with E-state index in [1.165, 1.54) is 15.3 Å². The van der Waals surface area contributed by atoms with Crippen LogP contribution in [-0.4, -0.2) is 123 Å². The number of hydrogen-bond acceptors (Lipinski definition) is 10. The minimum Gasteiger partial charge on any atom is -0.445 e. The number of benzene rings is 5. The molecule has 2 heterocycles. The van der Waals surface area contributed by atoms with Gasteiger partial charge in [-0.3, -0.25) is 9.80 Å². The molecule has 2 aliphatic rings. The first-order chi connectivity index (χ1) is 35.7. The summed E-state index contributed by atoms with van der Waals surface area (Å²) in [4.78, 5) is 42.5. The zero-order valence-corrected chi connectivity index (χ0v) is 49.0. The number of carbonyl (C=O) groups is 3. The van der Waals surface area contributed by atoms with E-state index in [1.807, 2.05) is 107 Å². The summed E-state index contributed by atoms with van der Waals surface area (Å²) in [5, 5.41) is 29.0. The Labute approximate surface area is 454 Å². The summed E-state index contributed by atoms with van der Waals surface area (Å²) in [6.07, 6.45) is -3.39. The number of nitrogens with zero attached hydrogens (tertiary/aromatic N) is 2. The Kier molecular flexibility index (Phi) is 19.3. The summed E-state index contributed by atoms with van der Waals surface area (Å²) in [7, 11) is -5.75. The van der Waals surface area contributed by atoms with Gasteiger partial charge in [0.25, 0.3) is 16.6 Å². The number of nitrogens with one attached hydrogen (secondary N) is 1. The summed E-state index contributed by atoms with van der Waals surface area (Å²) < 4.78 is 31.0. The fourth-order valence-electron chi connectivity index (χ4n) is 10.5. The summed E-state index contributed by atoms with van der Waals surface area (Å²) in [6.45, 7) is 26.9. The molecule has 3 amide bonds. The van der Waals surface area contributed by atoms with E-state index in [0.29, 0.717) is 6.54 Å². The zero-order chi connectivity index (χ0) is 55.7. The highest BCUT2D eigenvalue weighted by Crippen LogP contribution is 2.39. The molecule has 0 bridgehead atoms. The SMILES string of the molecule is CC(C)(C)OC(=O)N1C[C@H](O)[C@H](NC(=O)OCc2ccccc2)[C@H]1CO[Si](c1ccccc1)(c1ccccc1)C(C)(C)C.C[C@H]1CN(C(=O)OC(C)(C)C)[C@H](CO[Si](c2ccccc2)(c2ccccc2)C(C)(C)C)[C@H]1O. The second-order valence-corrected chi connectivity index (χ2v) is 32.7. The average molecular weight is 1070 g/mol. The Morgan fingerprint density at radius 3 is 1.22 bits per heavy atom. The van der Waals surface area contributed by atoms with Gasteiger partial charge in [-0.15, -0.1) is 0 Å². The van der Waals surface area contributed by atoms with Gasteiger partial charge in [-0.25, -0.2) is 14.4 Å². The first-order valence-electron chi connectivity index (χ1n) is 26.5. The summed E-state index contributed by atoms with van der Waals surface area (Å²) >= 11 is 0. The van der Waals surface area contributed by atoms with Crippen LogP contribution in [0, 0.1) is 5.92 Å². The lowest BCUT2D eigenvalue weighted by Crippen LogP contribution is -2.68. The molecule has 0 radical (unpaired) electrons. The van der Waals surface area contributed by atoms with Crippen LogP contribution < -0.4 is 26.1 Å². The molecule has 6 atom stereocenters. The van der Waals surface area contributed by atoms with Crippen LogP contribution >= 0.6 is 0 Å². The van der Waals surface area contributed by atoms with E-state index in [-0.39, 0.29) is 42.4 Å². The lowest BCUT2D eigenvalue weighted by Gasteiger charge is -2.44. The second kappa shape index (κ2) is 24.7. The maximum Gasteiger partial charge on any atom is 0.410 e. The van der Waals surface area contributed by atoms with Crippen molar-refractivity contribution in [2.45, 2.75) is 148 Å². The normalized spacial score (nSPS) is 20.3. The van der Waals surface area contributed by atoms with Crippen molar-refractivity contribution >= 4 is 55.7 Å². The Morgan fingerprint density at radius 2 is 0.868 bits per heavy atom. The molecule has 7 rings (SSSR count). The molecule has 0 aromatic heterocycles. The second-order valence-electron chi connectivity index (χ2n) is 24.1. The van der Waals surface area contributed by atoms with Crippen LogP contribution in [0.4, 0.5) is 14.4 Å². The number of carbonyl (C=O) groups excluding carboxylic acids is 3. The number of rotatable bonds is 13. The smallest absolute Gasteiger partial charge is 0.410 e. The van der Waals surface area contributed by atoms with E-state index in [2.05, 4.69) is 120 Å². The maximum atomic E-state index is 13.4. The van der Waals surface area contributed by atoms with Gasteiger partial charge in [-0.2, -0.15) is 0 Å². The number of hydrogen-bond donors (Lipinski definition) is 3. The van der Waals surface area contributed by atoms with Gasteiger partial charge in [0.15, 0.2) is 0 Å². The fraction of sp³-hybridized carbons (Fsp3) is 0.459. The van der Waals surface area contributed by atoms with E-state index in [0.717, 1.165) is 15.9 Å². The van der Waals surface area contributed by atoms with Crippen LogP contribution in [0.1, 0.15) is 95.6 Å². The molecule has 2 fully saturated rings. The molecule has 76 heavy (non-hydrogen) atoms. The van der Waals surface area contributed by atoms with Gasteiger partial charge in [0.2, 0.25) is 0 Å². The van der Waals surface area contributed by atoms with Crippen LogP contribution in [0.25, 0.3) is 0 Å². The van der Waals surface area contributed by atoms with Crippen LogP contribution in [0.2, 0.25) is 10.1 Å². The Morgan fingerprint density at radius 1 is 0.526 bits per heavy atom. The Hall–Kier alpha value is -5.82. The van der Waals surface area contributed by atoms with Crippen LogP contribution in [0.15, 0.2) is 152 Å². The van der Waals surface area contributed by atoms with Crippen molar-refractivity contribution in [2.75, 3.05) is 26.3 Å². The highest BCUT2D eigenvalue weighted by molar-refractivity contribution is 7.00. The molecule has 3 N–H and O–H groups in total. The van der Waals surface area contributed by atoms with Gasteiger partial charge in [0, 0.05) is 12.5 Å². The molecule has 5 aromatic carbocycles. The zero-order valence-electron chi connectivity index (χ0n) is 47.0. The summed E-state index contributed by atoms with van der Waals surface area (Å²) in [5.41, 5.74) is -0.505. The molecule has 0 saturated carbocycles. The molecule has 15 heteroatoms. The molecule has 2 aliphatic heterocycles. The average Bonchev–Trinajstić information content (AvgIpc) is 3.85. The van der Waals surface area contributed by atoms with Crippen molar-refractivity contribution < 1.29 is 47.7 Å². The number of aliphatic hydroxyl groups excluding tert-OH is 2. The Bertz CT molecular complexity index is 2540. The third kappa shape index (κ3) is 14.2. The van der Waals surface area contributed by atoms with E-state index >= 15 is 0 Å².